The van der Waals surface area contributed by atoms with Gasteiger partial charge in [-0.25, -0.2) is 4.98 Å². The zero-order chi connectivity index (χ0) is 12.6. The van der Waals surface area contributed by atoms with Gasteiger partial charge in [-0.05, 0) is 25.1 Å². The van der Waals surface area contributed by atoms with Crippen molar-refractivity contribution in [2.24, 2.45) is 0 Å². The van der Waals surface area contributed by atoms with E-state index in [-0.39, 0.29) is 6.04 Å². The van der Waals surface area contributed by atoms with Gasteiger partial charge in [-0.15, -0.1) is 0 Å². The van der Waals surface area contributed by atoms with Crippen molar-refractivity contribution in [3.63, 3.8) is 0 Å². The number of benzene rings is 1. The summed E-state index contributed by atoms with van der Waals surface area (Å²) >= 11 is 5.97. The van der Waals surface area contributed by atoms with Crippen molar-refractivity contribution in [2.75, 3.05) is 17.7 Å². The maximum atomic E-state index is 11.3. The number of hydrogen-bond acceptors (Lipinski definition) is 3. The first-order chi connectivity index (χ1) is 7.99. The molecule has 0 aliphatic carbocycles. The number of imidazole rings is 1. The maximum Gasteiger partial charge on any atom is 0.201 e. The molecule has 6 heteroatoms. The molecule has 0 saturated heterocycles. The lowest BCUT2D eigenvalue weighted by Gasteiger charge is -2.14. The molecule has 2 atom stereocenters. The first-order valence-electron chi connectivity index (χ1n) is 5.22. The van der Waals surface area contributed by atoms with E-state index in [1.54, 1.807) is 12.3 Å². The van der Waals surface area contributed by atoms with Gasteiger partial charge in [-0.1, -0.05) is 11.6 Å². The number of fused-ring (bicyclic) bond motifs is 1. The number of nitrogen functional groups attached to an aromatic ring is 1. The third-order valence-electron chi connectivity index (χ3n) is 2.60. The summed E-state index contributed by atoms with van der Waals surface area (Å²) in [5, 5.41) is 0.642. The second-order valence-electron chi connectivity index (χ2n) is 4.06. The summed E-state index contributed by atoms with van der Waals surface area (Å²) in [5.41, 5.74) is 7.58. The van der Waals surface area contributed by atoms with Crippen molar-refractivity contribution in [1.29, 1.82) is 0 Å². The molecular formula is C11H14ClN3OS. The number of halogens is 1. The van der Waals surface area contributed by atoms with Crippen LogP contribution in [0.4, 0.5) is 5.95 Å². The quantitative estimate of drug-likeness (QED) is 0.931. The van der Waals surface area contributed by atoms with Crippen LogP contribution in [-0.2, 0) is 10.8 Å². The molecule has 0 saturated carbocycles. The Labute approximate surface area is 107 Å². The largest absolute Gasteiger partial charge is 0.369 e. The number of rotatable bonds is 3. The highest BCUT2D eigenvalue weighted by Crippen LogP contribution is 2.25. The number of anilines is 1. The van der Waals surface area contributed by atoms with Gasteiger partial charge in [0.2, 0.25) is 5.95 Å². The number of nitrogens with two attached hydrogens (primary N) is 1. The van der Waals surface area contributed by atoms with Crippen molar-refractivity contribution in [3.05, 3.63) is 23.2 Å². The molecule has 0 bridgehead atoms. The second-order valence-corrected chi connectivity index (χ2v) is 5.98. The average molecular weight is 272 g/mol. The highest BCUT2D eigenvalue weighted by molar-refractivity contribution is 7.84. The van der Waals surface area contributed by atoms with Crippen LogP contribution in [0, 0.1) is 0 Å². The van der Waals surface area contributed by atoms with E-state index in [1.807, 2.05) is 23.6 Å². The first-order valence-corrected chi connectivity index (χ1v) is 7.32. The van der Waals surface area contributed by atoms with Crippen LogP contribution < -0.4 is 5.73 Å². The molecule has 0 spiro atoms. The minimum atomic E-state index is -0.874. The van der Waals surface area contributed by atoms with Crippen LogP contribution in [0.3, 0.4) is 0 Å². The third-order valence-corrected chi connectivity index (χ3v) is 3.78. The van der Waals surface area contributed by atoms with Gasteiger partial charge in [0.15, 0.2) is 0 Å². The molecule has 0 aliphatic rings. The van der Waals surface area contributed by atoms with E-state index in [2.05, 4.69) is 4.98 Å². The first kappa shape index (κ1) is 12.4. The van der Waals surface area contributed by atoms with Gasteiger partial charge >= 0.3 is 0 Å². The maximum absolute atomic E-state index is 11.3. The molecule has 1 aromatic heterocycles. The zero-order valence-electron chi connectivity index (χ0n) is 9.68. The van der Waals surface area contributed by atoms with E-state index < -0.39 is 10.8 Å². The molecule has 0 aliphatic heterocycles. The minimum absolute atomic E-state index is 0.0318. The van der Waals surface area contributed by atoms with Gasteiger partial charge in [0.1, 0.15) is 0 Å². The molecule has 17 heavy (non-hydrogen) atoms. The lowest BCUT2D eigenvalue weighted by atomic mass is 10.3. The van der Waals surface area contributed by atoms with Crippen molar-refractivity contribution < 1.29 is 4.21 Å². The molecule has 1 aromatic carbocycles. The minimum Gasteiger partial charge on any atom is -0.369 e. The number of nitrogens with zero attached hydrogens (tertiary/aromatic N) is 2. The van der Waals surface area contributed by atoms with Crippen molar-refractivity contribution in [1.82, 2.24) is 9.55 Å². The molecule has 2 aromatic rings. The van der Waals surface area contributed by atoms with Crippen LogP contribution in [-0.4, -0.2) is 25.8 Å². The third kappa shape index (κ3) is 2.45. The van der Waals surface area contributed by atoms with Gasteiger partial charge in [-0.2, -0.15) is 0 Å². The smallest absolute Gasteiger partial charge is 0.201 e. The summed E-state index contributed by atoms with van der Waals surface area (Å²) in [6.07, 6.45) is 1.68. The zero-order valence-corrected chi connectivity index (χ0v) is 11.3. The summed E-state index contributed by atoms with van der Waals surface area (Å²) in [7, 11) is -0.874. The van der Waals surface area contributed by atoms with Gasteiger partial charge in [0.25, 0.3) is 0 Å². The van der Waals surface area contributed by atoms with Crippen LogP contribution in [0.2, 0.25) is 5.02 Å². The summed E-state index contributed by atoms with van der Waals surface area (Å²) < 4.78 is 13.2. The molecule has 2 rings (SSSR count). The second kappa shape index (κ2) is 4.66. The molecule has 92 valence electrons. The standard InChI is InChI=1S/C11H14ClN3OS/c1-7(6-17(2)16)15-10-5-8(12)3-4-9(10)14-11(15)13/h3-5,7H,6H2,1-2H3,(H2,13,14). The van der Waals surface area contributed by atoms with Crippen LogP contribution in [0.1, 0.15) is 13.0 Å². The molecule has 2 unspecified atom stereocenters. The van der Waals surface area contributed by atoms with Crippen molar-refractivity contribution in [3.8, 4) is 0 Å². The molecule has 0 radical (unpaired) electrons. The molecule has 0 amide bonds. The van der Waals surface area contributed by atoms with Gasteiger partial charge in [-0.3, -0.25) is 4.21 Å². The Morgan fingerprint density at radius 1 is 1.59 bits per heavy atom. The highest BCUT2D eigenvalue weighted by atomic mass is 35.5. The fourth-order valence-electron chi connectivity index (χ4n) is 1.96. The number of aromatic nitrogens is 2. The molecule has 2 N–H and O–H groups in total. The highest BCUT2D eigenvalue weighted by Gasteiger charge is 2.15. The fourth-order valence-corrected chi connectivity index (χ4v) is 2.96. The van der Waals surface area contributed by atoms with E-state index in [1.165, 1.54) is 0 Å². The van der Waals surface area contributed by atoms with Crippen LogP contribution >= 0.6 is 11.6 Å². The van der Waals surface area contributed by atoms with E-state index >= 15 is 0 Å². The van der Waals surface area contributed by atoms with Crippen molar-refractivity contribution >= 4 is 39.4 Å². The Morgan fingerprint density at radius 3 is 2.94 bits per heavy atom. The topological polar surface area (TPSA) is 60.9 Å². The van der Waals surface area contributed by atoms with Crippen LogP contribution in [0.5, 0.6) is 0 Å². The normalized spacial score (nSPS) is 15.0. The predicted molar refractivity (Wildman–Crippen MR) is 72.8 cm³/mol. The summed E-state index contributed by atoms with van der Waals surface area (Å²) in [6.45, 7) is 1.97. The summed E-state index contributed by atoms with van der Waals surface area (Å²) in [6, 6.07) is 5.48. The predicted octanol–water partition coefficient (Wildman–Crippen LogP) is 2.21. The Hall–Kier alpha value is -1.07. The average Bonchev–Trinajstić information content (AvgIpc) is 2.52. The van der Waals surface area contributed by atoms with Gasteiger partial charge in [0.05, 0.1) is 11.0 Å². The van der Waals surface area contributed by atoms with E-state index in [0.29, 0.717) is 16.7 Å². The van der Waals surface area contributed by atoms with E-state index in [9.17, 15) is 4.21 Å². The van der Waals surface area contributed by atoms with Crippen molar-refractivity contribution in [2.45, 2.75) is 13.0 Å². The van der Waals surface area contributed by atoms with Gasteiger partial charge < -0.3 is 10.3 Å². The number of hydrogen-bond donors (Lipinski definition) is 1. The molecule has 1 heterocycles. The summed E-state index contributed by atoms with van der Waals surface area (Å²) in [5.74, 6) is 0.975. The van der Waals surface area contributed by atoms with E-state index in [0.717, 1.165) is 11.0 Å². The Kier molecular flexibility index (Phi) is 3.40. The summed E-state index contributed by atoms with van der Waals surface area (Å²) in [4.78, 5) is 4.27. The Morgan fingerprint density at radius 2 is 2.29 bits per heavy atom. The van der Waals surface area contributed by atoms with Crippen LogP contribution in [0.15, 0.2) is 18.2 Å². The SMILES string of the molecule is CC(CS(C)=O)n1c(N)nc2ccc(Cl)cc21. The fraction of sp³-hybridized carbons (Fsp3) is 0.364. The monoisotopic (exact) mass is 271 g/mol. The van der Waals surface area contributed by atoms with E-state index in [4.69, 9.17) is 17.3 Å². The van der Waals surface area contributed by atoms with Gasteiger partial charge in [0, 0.05) is 33.9 Å². The Balaban J connectivity index is 2.55. The van der Waals surface area contributed by atoms with Crippen LogP contribution in [0.25, 0.3) is 11.0 Å². The molecule has 4 nitrogen and oxygen atoms in total. The molecular weight excluding hydrogens is 258 g/mol. The molecule has 0 fully saturated rings. The lowest BCUT2D eigenvalue weighted by molar-refractivity contribution is 0.619. The lowest BCUT2D eigenvalue weighted by Crippen LogP contribution is -2.14. The Bertz CT molecular complexity index is 581.